The Labute approximate surface area is 178 Å². The van der Waals surface area contributed by atoms with Gasteiger partial charge in [-0.2, -0.15) is 4.98 Å². The molecule has 0 aliphatic carbocycles. The van der Waals surface area contributed by atoms with Gasteiger partial charge >= 0.3 is 0 Å². The Morgan fingerprint density at radius 1 is 1.11 bits per heavy atom. The second kappa shape index (κ2) is 9.41. The molecule has 1 aliphatic heterocycles. The van der Waals surface area contributed by atoms with Gasteiger partial charge in [0.05, 0.1) is 33.8 Å². The zero-order chi connectivity index (χ0) is 20.3. The number of amides is 1. The van der Waals surface area contributed by atoms with Gasteiger partial charge < -0.3 is 9.84 Å². The molecule has 1 aromatic heterocycles. The lowest BCUT2D eigenvalue weighted by atomic mass is 10.2. The molecule has 1 amide bonds. The molecular formula is C18H22Cl3N5O2. The average Bonchev–Trinajstić information content (AvgIpc) is 3.10. The molecule has 0 saturated carbocycles. The first kappa shape index (κ1) is 21.3. The highest BCUT2D eigenvalue weighted by Gasteiger charge is 2.21. The molecule has 1 saturated heterocycles. The molecule has 1 N–H and O–H groups in total. The Kier molecular flexibility index (Phi) is 7.17. The third-order valence-electron chi connectivity index (χ3n) is 4.48. The summed E-state index contributed by atoms with van der Waals surface area (Å²) in [7, 11) is 0. The summed E-state index contributed by atoms with van der Waals surface area (Å²) in [5.41, 5.74) is 0.456. The normalized spacial score (nSPS) is 15.9. The number of hydrogen-bond acceptors (Lipinski definition) is 6. The number of hydrogen-bond donors (Lipinski definition) is 1. The number of rotatable bonds is 6. The van der Waals surface area contributed by atoms with Gasteiger partial charge in [-0.15, -0.1) is 0 Å². The zero-order valence-electron chi connectivity index (χ0n) is 15.7. The standard InChI is InChI=1S/C18H22Cl3N5O2/c1-11(2)18-23-17(28-24-18)10-26-5-3-25(4-6-26)9-16(27)22-15-8-13(20)12(19)7-14(15)21/h7-8,11H,3-6,9-10H2,1-2H3,(H,22,27). The van der Waals surface area contributed by atoms with Crippen molar-refractivity contribution in [2.75, 3.05) is 38.0 Å². The van der Waals surface area contributed by atoms with Gasteiger partial charge in [0.15, 0.2) is 5.82 Å². The molecule has 1 aromatic carbocycles. The highest BCUT2D eigenvalue weighted by atomic mass is 35.5. The Morgan fingerprint density at radius 3 is 2.39 bits per heavy atom. The van der Waals surface area contributed by atoms with E-state index in [-0.39, 0.29) is 18.4 Å². The molecule has 2 heterocycles. The maximum absolute atomic E-state index is 12.3. The monoisotopic (exact) mass is 445 g/mol. The highest BCUT2D eigenvalue weighted by molar-refractivity contribution is 6.44. The lowest BCUT2D eigenvalue weighted by molar-refractivity contribution is -0.117. The van der Waals surface area contributed by atoms with Gasteiger partial charge in [0.25, 0.3) is 0 Å². The fourth-order valence-electron chi connectivity index (χ4n) is 2.87. The molecule has 0 spiro atoms. The second-order valence-electron chi connectivity index (χ2n) is 7.05. The number of nitrogens with zero attached hydrogens (tertiary/aromatic N) is 4. The first-order valence-electron chi connectivity index (χ1n) is 9.03. The maximum atomic E-state index is 12.3. The van der Waals surface area contributed by atoms with Gasteiger partial charge in [-0.25, -0.2) is 0 Å². The third-order valence-corrected chi connectivity index (χ3v) is 5.51. The number of carbonyl (C=O) groups is 1. The first-order chi connectivity index (χ1) is 13.3. The molecule has 3 rings (SSSR count). The predicted molar refractivity (Wildman–Crippen MR) is 110 cm³/mol. The number of carbonyl (C=O) groups excluding carboxylic acids is 1. The topological polar surface area (TPSA) is 74.5 Å². The van der Waals surface area contributed by atoms with E-state index in [1.165, 1.54) is 6.07 Å². The van der Waals surface area contributed by atoms with Crippen LogP contribution in [0.3, 0.4) is 0 Å². The van der Waals surface area contributed by atoms with E-state index >= 15 is 0 Å². The Morgan fingerprint density at radius 2 is 1.75 bits per heavy atom. The zero-order valence-corrected chi connectivity index (χ0v) is 18.0. The fraction of sp³-hybridized carbons (Fsp3) is 0.500. The summed E-state index contributed by atoms with van der Waals surface area (Å²) in [6.45, 7) is 8.15. The van der Waals surface area contributed by atoms with Crippen molar-refractivity contribution in [3.8, 4) is 0 Å². The van der Waals surface area contributed by atoms with Crippen LogP contribution in [0.4, 0.5) is 5.69 Å². The summed E-state index contributed by atoms with van der Waals surface area (Å²) in [5.74, 6) is 1.46. The molecule has 0 bridgehead atoms. The SMILES string of the molecule is CC(C)c1noc(CN2CCN(CC(=O)Nc3cc(Cl)c(Cl)cc3Cl)CC2)n1. The van der Waals surface area contributed by atoms with Gasteiger partial charge in [0, 0.05) is 32.1 Å². The number of nitrogens with one attached hydrogen (secondary N) is 1. The Hall–Kier alpha value is -1.38. The number of anilines is 1. The molecule has 7 nitrogen and oxygen atoms in total. The van der Waals surface area contributed by atoms with Crippen LogP contribution in [0, 0.1) is 0 Å². The largest absolute Gasteiger partial charge is 0.338 e. The van der Waals surface area contributed by atoms with Crippen molar-refractivity contribution < 1.29 is 9.32 Å². The molecule has 10 heteroatoms. The van der Waals surface area contributed by atoms with Crippen LogP contribution in [-0.4, -0.2) is 58.6 Å². The van der Waals surface area contributed by atoms with Crippen LogP contribution in [0.25, 0.3) is 0 Å². The van der Waals surface area contributed by atoms with Crippen LogP contribution >= 0.6 is 34.8 Å². The lowest BCUT2D eigenvalue weighted by Crippen LogP contribution is -2.48. The fourth-order valence-corrected chi connectivity index (χ4v) is 3.47. The van der Waals surface area contributed by atoms with Crippen molar-refractivity contribution in [2.45, 2.75) is 26.3 Å². The van der Waals surface area contributed by atoms with Crippen molar-refractivity contribution in [3.63, 3.8) is 0 Å². The van der Waals surface area contributed by atoms with Gasteiger partial charge in [-0.05, 0) is 12.1 Å². The molecule has 1 aliphatic rings. The molecule has 0 radical (unpaired) electrons. The number of halogens is 3. The smallest absolute Gasteiger partial charge is 0.240 e. The number of benzene rings is 1. The van der Waals surface area contributed by atoms with Gasteiger partial charge in [0.1, 0.15) is 0 Å². The summed E-state index contributed by atoms with van der Waals surface area (Å²) < 4.78 is 5.30. The van der Waals surface area contributed by atoms with E-state index in [1.807, 2.05) is 13.8 Å². The minimum absolute atomic E-state index is 0.146. The van der Waals surface area contributed by atoms with Crippen molar-refractivity contribution in [1.29, 1.82) is 0 Å². The van der Waals surface area contributed by atoms with Crippen LogP contribution in [0.15, 0.2) is 16.7 Å². The Balaban J connectivity index is 1.46. The minimum Gasteiger partial charge on any atom is -0.338 e. The van der Waals surface area contributed by atoms with Crippen LogP contribution in [-0.2, 0) is 11.3 Å². The Bertz CT molecular complexity index is 835. The summed E-state index contributed by atoms with van der Waals surface area (Å²) in [4.78, 5) is 21.1. The van der Waals surface area contributed by atoms with E-state index in [0.29, 0.717) is 33.2 Å². The van der Waals surface area contributed by atoms with Crippen molar-refractivity contribution in [2.24, 2.45) is 0 Å². The van der Waals surface area contributed by atoms with Gasteiger partial charge in [-0.3, -0.25) is 14.6 Å². The van der Waals surface area contributed by atoms with Crippen LogP contribution < -0.4 is 5.32 Å². The van der Waals surface area contributed by atoms with Crippen molar-refractivity contribution in [3.05, 3.63) is 38.9 Å². The summed E-state index contributed by atoms with van der Waals surface area (Å²) in [5, 5.41) is 7.83. The minimum atomic E-state index is -0.146. The molecular weight excluding hydrogens is 425 g/mol. The number of aromatic nitrogens is 2. The first-order valence-corrected chi connectivity index (χ1v) is 10.2. The van der Waals surface area contributed by atoms with Crippen LogP contribution in [0.2, 0.25) is 15.1 Å². The van der Waals surface area contributed by atoms with E-state index in [4.69, 9.17) is 39.3 Å². The van der Waals surface area contributed by atoms with Crippen LogP contribution in [0.1, 0.15) is 31.5 Å². The third kappa shape index (κ3) is 5.58. The highest BCUT2D eigenvalue weighted by Crippen LogP contribution is 2.32. The average molecular weight is 447 g/mol. The molecule has 28 heavy (non-hydrogen) atoms. The van der Waals surface area contributed by atoms with E-state index in [2.05, 4.69) is 25.3 Å². The van der Waals surface area contributed by atoms with E-state index < -0.39 is 0 Å². The quantitative estimate of drug-likeness (QED) is 0.678. The summed E-state index contributed by atoms with van der Waals surface area (Å²) in [6, 6.07) is 3.07. The molecule has 0 atom stereocenters. The van der Waals surface area contributed by atoms with Crippen LogP contribution in [0.5, 0.6) is 0 Å². The van der Waals surface area contributed by atoms with E-state index in [9.17, 15) is 4.79 Å². The summed E-state index contributed by atoms with van der Waals surface area (Å²) in [6.07, 6.45) is 0. The summed E-state index contributed by atoms with van der Waals surface area (Å²) >= 11 is 18.0. The second-order valence-corrected chi connectivity index (χ2v) is 8.27. The van der Waals surface area contributed by atoms with Gasteiger partial charge in [-0.1, -0.05) is 53.8 Å². The van der Waals surface area contributed by atoms with Gasteiger partial charge in [0.2, 0.25) is 11.8 Å². The van der Waals surface area contributed by atoms with Crippen molar-refractivity contribution in [1.82, 2.24) is 19.9 Å². The predicted octanol–water partition coefficient (Wildman–Crippen LogP) is 3.91. The molecule has 0 unspecified atom stereocenters. The maximum Gasteiger partial charge on any atom is 0.240 e. The molecule has 2 aromatic rings. The van der Waals surface area contributed by atoms with E-state index in [0.717, 1.165) is 32.0 Å². The molecule has 152 valence electrons. The number of piperazine rings is 1. The van der Waals surface area contributed by atoms with E-state index in [1.54, 1.807) is 6.07 Å². The lowest BCUT2D eigenvalue weighted by Gasteiger charge is -2.33. The molecule has 1 fully saturated rings. The van der Waals surface area contributed by atoms with Crippen molar-refractivity contribution >= 4 is 46.4 Å².